The van der Waals surface area contributed by atoms with E-state index in [9.17, 15) is 4.79 Å². The summed E-state index contributed by atoms with van der Waals surface area (Å²) in [5.41, 5.74) is 0.0671. The quantitative estimate of drug-likeness (QED) is 0.666. The molecule has 0 fully saturated rings. The Balaban J connectivity index is 2.46. The SMILES string of the molecule is C[C@]1(CCl)COc2ccccc2C1=O. The minimum Gasteiger partial charge on any atom is -0.492 e. The number of hydrogen-bond donors (Lipinski definition) is 0. The lowest BCUT2D eigenvalue weighted by Crippen LogP contribution is -2.39. The first-order valence-electron chi connectivity index (χ1n) is 4.50. The average molecular weight is 211 g/mol. The molecular formula is C11H11ClO2. The van der Waals surface area contributed by atoms with Crippen LogP contribution in [0.2, 0.25) is 0 Å². The van der Waals surface area contributed by atoms with E-state index in [1.54, 1.807) is 12.1 Å². The molecule has 1 aromatic rings. The molecule has 2 nitrogen and oxygen atoms in total. The number of Topliss-reactive ketones (excluding diaryl/α,β-unsaturated/α-hetero) is 1. The highest BCUT2D eigenvalue weighted by Crippen LogP contribution is 2.34. The van der Waals surface area contributed by atoms with Gasteiger partial charge in [-0.25, -0.2) is 0 Å². The molecule has 1 atom stereocenters. The normalized spacial score (nSPS) is 25.4. The summed E-state index contributed by atoms with van der Waals surface area (Å²) in [6, 6.07) is 7.28. The zero-order valence-electron chi connectivity index (χ0n) is 7.92. The zero-order chi connectivity index (χ0) is 10.2. The van der Waals surface area contributed by atoms with Gasteiger partial charge in [-0.2, -0.15) is 0 Å². The summed E-state index contributed by atoms with van der Waals surface area (Å²) in [5, 5.41) is 0. The number of halogens is 1. The first-order chi connectivity index (χ1) is 6.67. The van der Waals surface area contributed by atoms with E-state index in [4.69, 9.17) is 16.3 Å². The Hall–Kier alpha value is -1.02. The highest BCUT2D eigenvalue weighted by Gasteiger charge is 2.39. The fourth-order valence-electron chi connectivity index (χ4n) is 1.51. The van der Waals surface area contributed by atoms with Crippen molar-refractivity contribution >= 4 is 17.4 Å². The lowest BCUT2D eigenvalue weighted by atomic mass is 9.83. The number of carbonyl (C=O) groups excluding carboxylic acids is 1. The van der Waals surface area contributed by atoms with E-state index >= 15 is 0 Å². The molecule has 0 aromatic heterocycles. The summed E-state index contributed by atoms with van der Waals surface area (Å²) < 4.78 is 5.50. The second kappa shape index (κ2) is 3.28. The third kappa shape index (κ3) is 1.30. The summed E-state index contributed by atoms with van der Waals surface area (Å²) in [6.45, 7) is 2.20. The fraction of sp³-hybridized carbons (Fsp3) is 0.364. The molecule has 1 aliphatic heterocycles. The van der Waals surface area contributed by atoms with Gasteiger partial charge in [0.15, 0.2) is 5.78 Å². The number of ether oxygens (including phenoxy) is 1. The summed E-state index contributed by atoms with van der Waals surface area (Å²) in [6.07, 6.45) is 0. The minimum absolute atomic E-state index is 0.0781. The van der Waals surface area contributed by atoms with Gasteiger partial charge in [0.2, 0.25) is 0 Å². The van der Waals surface area contributed by atoms with Gasteiger partial charge >= 0.3 is 0 Å². The third-order valence-electron chi connectivity index (χ3n) is 2.52. The summed E-state index contributed by atoms with van der Waals surface area (Å²) in [5.74, 6) is 1.04. The van der Waals surface area contributed by atoms with Gasteiger partial charge in [-0.1, -0.05) is 12.1 Å². The lowest BCUT2D eigenvalue weighted by molar-refractivity contribution is 0.0699. The number of benzene rings is 1. The maximum atomic E-state index is 12.0. The Labute approximate surface area is 87.8 Å². The van der Waals surface area contributed by atoms with E-state index in [-0.39, 0.29) is 5.78 Å². The van der Waals surface area contributed by atoms with Crippen molar-refractivity contribution in [3.8, 4) is 5.75 Å². The molecule has 1 aliphatic rings. The number of alkyl halides is 1. The van der Waals surface area contributed by atoms with E-state index < -0.39 is 5.41 Å². The van der Waals surface area contributed by atoms with Gasteiger partial charge in [0.1, 0.15) is 12.4 Å². The maximum absolute atomic E-state index is 12.0. The van der Waals surface area contributed by atoms with E-state index in [1.807, 2.05) is 19.1 Å². The Bertz CT molecular complexity index is 375. The van der Waals surface area contributed by atoms with Gasteiger partial charge in [-0.3, -0.25) is 4.79 Å². The largest absolute Gasteiger partial charge is 0.492 e. The molecule has 0 radical (unpaired) electrons. The Morgan fingerprint density at radius 3 is 2.93 bits per heavy atom. The highest BCUT2D eigenvalue weighted by atomic mass is 35.5. The topological polar surface area (TPSA) is 26.3 Å². The number of ketones is 1. The molecule has 0 bridgehead atoms. The molecule has 1 heterocycles. The van der Waals surface area contributed by atoms with Crippen molar-refractivity contribution in [2.24, 2.45) is 5.41 Å². The Morgan fingerprint density at radius 2 is 2.21 bits per heavy atom. The van der Waals surface area contributed by atoms with Crippen molar-refractivity contribution < 1.29 is 9.53 Å². The monoisotopic (exact) mass is 210 g/mol. The van der Waals surface area contributed by atoms with Gasteiger partial charge in [0.25, 0.3) is 0 Å². The molecule has 14 heavy (non-hydrogen) atoms. The lowest BCUT2D eigenvalue weighted by Gasteiger charge is -2.31. The van der Waals surface area contributed by atoms with Gasteiger partial charge in [0.05, 0.1) is 11.0 Å². The number of fused-ring (bicyclic) bond motifs is 1. The molecule has 1 aromatic carbocycles. The van der Waals surface area contributed by atoms with Crippen molar-refractivity contribution in [2.75, 3.05) is 12.5 Å². The van der Waals surface area contributed by atoms with Crippen molar-refractivity contribution in [3.05, 3.63) is 29.8 Å². The molecular weight excluding hydrogens is 200 g/mol. The van der Waals surface area contributed by atoms with Crippen LogP contribution in [0.5, 0.6) is 5.75 Å². The van der Waals surface area contributed by atoms with Crippen LogP contribution in [0.4, 0.5) is 0 Å². The molecule has 0 amide bonds. The summed E-state index contributed by atoms with van der Waals surface area (Å²) >= 11 is 5.78. The standard InChI is InChI=1S/C11H11ClO2/c1-11(6-12)7-14-9-5-3-2-4-8(9)10(11)13/h2-5H,6-7H2,1H3/t11-/m0/s1. The molecule has 0 saturated heterocycles. The maximum Gasteiger partial charge on any atom is 0.177 e. The molecule has 0 saturated carbocycles. The molecule has 2 rings (SSSR count). The fourth-order valence-corrected chi connectivity index (χ4v) is 1.71. The first kappa shape index (κ1) is 9.53. The van der Waals surface area contributed by atoms with Crippen molar-refractivity contribution in [3.63, 3.8) is 0 Å². The molecule has 0 aliphatic carbocycles. The zero-order valence-corrected chi connectivity index (χ0v) is 8.67. The number of para-hydroxylation sites is 1. The molecule has 3 heteroatoms. The summed E-state index contributed by atoms with van der Waals surface area (Å²) in [4.78, 5) is 12.0. The van der Waals surface area contributed by atoms with Crippen LogP contribution in [0.1, 0.15) is 17.3 Å². The van der Waals surface area contributed by atoms with E-state index in [2.05, 4.69) is 0 Å². The van der Waals surface area contributed by atoms with Crippen molar-refractivity contribution in [2.45, 2.75) is 6.92 Å². The molecule has 0 unspecified atom stereocenters. The van der Waals surface area contributed by atoms with Crippen molar-refractivity contribution in [1.29, 1.82) is 0 Å². The third-order valence-corrected chi connectivity index (χ3v) is 3.11. The van der Waals surface area contributed by atoms with Gasteiger partial charge in [-0.15, -0.1) is 11.6 Å². The molecule has 0 N–H and O–H groups in total. The van der Waals surface area contributed by atoms with Gasteiger partial charge < -0.3 is 4.74 Å². The van der Waals surface area contributed by atoms with Crippen LogP contribution < -0.4 is 4.74 Å². The Kier molecular flexibility index (Phi) is 2.23. The Morgan fingerprint density at radius 1 is 1.50 bits per heavy atom. The van der Waals surface area contributed by atoms with Crippen LogP contribution in [0.25, 0.3) is 0 Å². The molecule has 74 valence electrons. The van der Waals surface area contributed by atoms with Crippen LogP contribution in [-0.4, -0.2) is 18.3 Å². The second-order valence-corrected chi connectivity index (χ2v) is 4.08. The van der Waals surface area contributed by atoms with Crippen LogP contribution >= 0.6 is 11.6 Å². The van der Waals surface area contributed by atoms with E-state index in [0.29, 0.717) is 23.8 Å². The second-order valence-electron chi connectivity index (χ2n) is 3.81. The smallest absolute Gasteiger partial charge is 0.177 e. The predicted octanol–water partition coefficient (Wildman–Crippen LogP) is 2.51. The van der Waals surface area contributed by atoms with Crippen LogP contribution in [0, 0.1) is 5.41 Å². The summed E-state index contributed by atoms with van der Waals surface area (Å²) in [7, 11) is 0. The molecule has 0 spiro atoms. The van der Waals surface area contributed by atoms with Crippen LogP contribution in [-0.2, 0) is 0 Å². The highest BCUT2D eigenvalue weighted by molar-refractivity contribution is 6.21. The van der Waals surface area contributed by atoms with Crippen molar-refractivity contribution in [1.82, 2.24) is 0 Å². The van der Waals surface area contributed by atoms with Crippen LogP contribution in [0.3, 0.4) is 0 Å². The van der Waals surface area contributed by atoms with Gasteiger partial charge in [-0.05, 0) is 19.1 Å². The average Bonchev–Trinajstić information content (AvgIpc) is 2.24. The number of carbonyl (C=O) groups is 1. The first-order valence-corrected chi connectivity index (χ1v) is 5.03. The van der Waals surface area contributed by atoms with E-state index in [0.717, 1.165) is 0 Å². The number of hydrogen-bond acceptors (Lipinski definition) is 2. The van der Waals surface area contributed by atoms with Gasteiger partial charge in [0, 0.05) is 5.88 Å². The predicted molar refractivity (Wildman–Crippen MR) is 55.1 cm³/mol. The van der Waals surface area contributed by atoms with Crippen LogP contribution in [0.15, 0.2) is 24.3 Å². The number of rotatable bonds is 1. The van der Waals surface area contributed by atoms with E-state index in [1.165, 1.54) is 0 Å². The minimum atomic E-state index is -0.574.